The van der Waals surface area contributed by atoms with Gasteiger partial charge in [-0.3, -0.25) is 49.1 Å². The second-order valence-corrected chi connectivity index (χ2v) is 13.7. The first-order valence-corrected chi connectivity index (χ1v) is 18.4. The Bertz CT molecular complexity index is 2390. The van der Waals surface area contributed by atoms with E-state index in [1.807, 2.05) is 24.3 Å². The molecule has 2 aromatic heterocycles. The summed E-state index contributed by atoms with van der Waals surface area (Å²) in [6.07, 6.45) is 3.90. The molecule has 3 aromatic carbocycles. The molecule has 0 bridgehead atoms. The monoisotopic (exact) mass is 768 g/mol. The van der Waals surface area contributed by atoms with E-state index in [0.717, 1.165) is 16.0 Å². The lowest BCUT2D eigenvalue weighted by Gasteiger charge is -2.27. The molecule has 6 amide bonds. The highest BCUT2D eigenvalue weighted by Gasteiger charge is 2.44. The molecular weight excluding hydrogens is 732 g/mol. The minimum Gasteiger partial charge on any atom is -0.463 e. The minimum absolute atomic E-state index is 0.0202. The quantitative estimate of drug-likeness (QED) is 0.0552. The van der Waals surface area contributed by atoms with Crippen molar-refractivity contribution >= 4 is 41.1 Å². The average molecular weight is 769 g/mol. The highest BCUT2D eigenvalue weighted by Crippen LogP contribution is 2.32. The minimum atomic E-state index is -1.05. The molecular formula is C42H36N6O9. The van der Waals surface area contributed by atoms with Crippen LogP contribution < -0.4 is 16.0 Å². The molecule has 57 heavy (non-hydrogen) atoms. The Morgan fingerprint density at radius 3 is 2.28 bits per heavy atom. The number of carbonyl (C=O) groups excluding carboxylic acids is 6. The highest BCUT2D eigenvalue weighted by molar-refractivity contribution is 6.23. The molecule has 0 aliphatic carbocycles. The lowest BCUT2D eigenvalue weighted by molar-refractivity contribution is -0.384. The topological polar surface area (TPSA) is 211 Å². The molecule has 288 valence electrons. The van der Waals surface area contributed by atoms with E-state index in [1.165, 1.54) is 24.3 Å². The first-order valence-electron chi connectivity index (χ1n) is 18.4. The van der Waals surface area contributed by atoms with Gasteiger partial charge in [0.2, 0.25) is 17.7 Å². The van der Waals surface area contributed by atoms with Crippen LogP contribution in [0.1, 0.15) is 75.2 Å². The molecule has 0 saturated carbocycles. The molecule has 4 heterocycles. The smallest absolute Gasteiger partial charge is 0.269 e. The van der Waals surface area contributed by atoms with E-state index < -0.39 is 34.6 Å². The van der Waals surface area contributed by atoms with Gasteiger partial charge in [-0.05, 0) is 96.6 Å². The summed E-state index contributed by atoms with van der Waals surface area (Å²) >= 11 is 0. The van der Waals surface area contributed by atoms with Crippen LogP contribution in [0, 0.1) is 10.1 Å². The van der Waals surface area contributed by atoms with Gasteiger partial charge in [0, 0.05) is 49.2 Å². The normalized spacial score (nSPS) is 14.9. The van der Waals surface area contributed by atoms with Gasteiger partial charge >= 0.3 is 0 Å². The number of aromatic nitrogens is 1. The number of amides is 6. The maximum Gasteiger partial charge on any atom is 0.269 e. The van der Waals surface area contributed by atoms with Crippen molar-refractivity contribution in [3.63, 3.8) is 0 Å². The number of nitrogens with zero attached hydrogens (tertiary/aromatic N) is 3. The average Bonchev–Trinajstić information content (AvgIpc) is 3.85. The van der Waals surface area contributed by atoms with Gasteiger partial charge in [-0.15, -0.1) is 0 Å². The number of non-ortho nitro benzene ring substituents is 1. The Labute approximate surface area is 325 Å². The van der Waals surface area contributed by atoms with Gasteiger partial charge in [-0.2, -0.15) is 0 Å². The molecule has 5 aromatic rings. The van der Waals surface area contributed by atoms with Crippen molar-refractivity contribution in [2.24, 2.45) is 0 Å². The number of piperidine rings is 1. The van der Waals surface area contributed by atoms with Crippen LogP contribution in [-0.4, -0.2) is 62.8 Å². The largest absolute Gasteiger partial charge is 0.463 e. The number of rotatable bonds is 14. The second kappa shape index (κ2) is 16.6. The molecule has 0 spiro atoms. The fourth-order valence-electron chi connectivity index (χ4n) is 6.77. The number of unbranched alkanes of at least 4 members (excludes halogenated alkanes) is 2. The van der Waals surface area contributed by atoms with E-state index in [-0.39, 0.29) is 54.4 Å². The van der Waals surface area contributed by atoms with Crippen LogP contribution in [0.4, 0.5) is 5.69 Å². The zero-order valence-corrected chi connectivity index (χ0v) is 30.5. The summed E-state index contributed by atoms with van der Waals surface area (Å²) < 4.78 is 5.58. The van der Waals surface area contributed by atoms with Gasteiger partial charge in [-0.1, -0.05) is 24.6 Å². The number of nitro benzene ring substituents is 1. The van der Waals surface area contributed by atoms with Gasteiger partial charge in [0.25, 0.3) is 23.4 Å². The van der Waals surface area contributed by atoms with Gasteiger partial charge in [0.15, 0.2) is 5.76 Å². The number of hydrogen-bond acceptors (Lipinski definition) is 10. The zero-order chi connectivity index (χ0) is 40.1. The van der Waals surface area contributed by atoms with Crippen LogP contribution in [0.3, 0.4) is 0 Å². The second-order valence-electron chi connectivity index (χ2n) is 13.7. The van der Waals surface area contributed by atoms with E-state index >= 15 is 0 Å². The number of pyridine rings is 1. The maximum absolute atomic E-state index is 13.1. The summed E-state index contributed by atoms with van der Waals surface area (Å²) in [6.45, 7) is 0.573. The van der Waals surface area contributed by atoms with Crippen LogP contribution in [-0.2, 0) is 20.9 Å². The third-order valence-corrected chi connectivity index (χ3v) is 9.81. The Morgan fingerprint density at radius 2 is 1.56 bits per heavy atom. The summed E-state index contributed by atoms with van der Waals surface area (Å²) in [4.78, 5) is 91.5. The Morgan fingerprint density at radius 1 is 0.825 bits per heavy atom. The summed E-state index contributed by atoms with van der Waals surface area (Å²) in [7, 11) is 0. The number of imide groups is 2. The SMILES string of the molecule is O=C(CCCCCNC(=O)c1ccc(-c2cc(-c3ccc([N+](=O)[O-])cc3)nc(-c3ccco3)c2)cc1)NCc1ccc2c(c1)C(=O)N(C1CCC(=O)NC1=O)C2=O. The van der Waals surface area contributed by atoms with E-state index in [4.69, 9.17) is 9.40 Å². The predicted octanol–water partition coefficient (Wildman–Crippen LogP) is 5.59. The van der Waals surface area contributed by atoms with Crippen LogP contribution in [0.15, 0.2) is 102 Å². The molecule has 2 aliphatic rings. The van der Waals surface area contributed by atoms with E-state index in [0.29, 0.717) is 59.6 Å². The molecule has 1 unspecified atom stereocenters. The third kappa shape index (κ3) is 8.52. The first-order chi connectivity index (χ1) is 27.5. The number of furan rings is 1. The molecule has 15 nitrogen and oxygen atoms in total. The molecule has 1 fully saturated rings. The summed E-state index contributed by atoms with van der Waals surface area (Å²) in [5, 5.41) is 19.1. The molecule has 1 saturated heterocycles. The van der Waals surface area contributed by atoms with Gasteiger partial charge in [0.05, 0.1) is 28.0 Å². The van der Waals surface area contributed by atoms with E-state index in [1.54, 1.807) is 48.7 Å². The molecule has 2 aliphatic heterocycles. The summed E-state index contributed by atoms with van der Waals surface area (Å²) in [5.74, 6) is -2.17. The lowest BCUT2D eigenvalue weighted by atomic mass is 10.00. The van der Waals surface area contributed by atoms with Crippen molar-refractivity contribution in [3.05, 3.63) is 130 Å². The van der Waals surface area contributed by atoms with Crippen molar-refractivity contribution in [2.45, 2.75) is 51.1 Å². The first kappa shape index (κ1) is 38.0. The van der Waals surface area contributed by atoms with E-state index in [9.17, 15) is 38.9 Å². The molecule has 1 atom stereocenters. The van der Waals surface area contributed by atoms with Crippen molar-refractivity contribution in [3.8, 4) is 33.8 Å². The Balaban J connectivity index is 0.859. The standard InChI is InChI=1S/C42H36N6O9/c49-37(44-24-25-7-16-31-32(21-25)42(54)47(41(31)53)35-17-18-38(50)46-40(35)52)6-2-1-3-19-43-39(51)28-10-8-26(9-11-28)29-22-33(27-12-14-30(15-13-27)48(55)56)45-34(23-29)36-5-4-20-57-36/h4-5,7-16,20-23,35H,1-3,6,17-19,24H2,(H,43,51)(H,44,49)(H,46,50,52). The highest BCUT2D eigenvalue weighted by atomic mass is 16.6. The number of nitro groups is 1. The van der Waals surface area contributed by atoms with Crippen LogP contribution >= 0.6 is 0 Å². The fraction of sp³-hybridized carbons (Fsp3) is 0.214. The van der Waals surface area contributed by atoms with Crippen LogP contribution in [0.25, 0.3) is 33.8 Å². The number of benzene rings is 3. The number of nitrogens with one attached hydrogen (secondary N) is 3. The van der Waals surface area contributed by atoms with Crippen molar-refractivity contribution in [2.75, 3.05) is 6.54 Å². The predicted molar refractivity (Wildman–Crippen MR) is 205 cm³/mol. The summed E-state index contributed by atoms with van der Waals surface area (Å²) in [5.41, 5.74) is 4.94. The molecule has 15 heteroatoms. The van der Waals surface area contributed by atoms with Crippen molar-refractivity contribution < 1.29 is 38.1 Å². The van der Waals surface area contributed by atoms with Crippen molar-refractivity contribution in [1.82, 2.24) is 25.8 Å². The van der Waals surface area contributed by atoms with Gasteiger partial charge < -0.3 is 15.1 Å². The third-order valence-electron chi connectivity index (χ3n) is 9.81. The number of hydrogen-bond donors (Lipinski definition) is 3. The number of carbonyl (C=O) groups is 6. The van der Waals surface area contributed by atoms with Gasteiger partial charge in [-0.25, -0.2) is 4.98 Å². The maximum atomic E-state index is 13.1. The Kier molecular flexibility index (Phi) is 11.1. The van der Waals surface area contributed by atoms with Crippen molar-refractivity contribution in [1.29, 1.82) is 0 Å². The van der Waals surface area contributed by atoms with Crippen LogP contribution in [0.5, 0.6) is 0 Å². The van der Waals surface area contributed by atoms with Gasteiger partial charge in [0.1, 0.15) is 11.7 Å². The van der Waals surface area contributed by atoms with E-state index in [2.05, 4.69) is 16.0 Å². The summed E-state index contributed by atoms with van der Waals surface area (Å²) in [6, 6.07) is 24.2. The fourth-order valence-corrected chi connectivity index (χ4v) is 6.77. The van der Waals surface area contributed by atoms with Crippen LogP contribution in [0.2, 0.25) is 0 Å². The molecule has 3 N–H and O–H groups in total. The Hall–Kier alpha value is -7.29. The lowest BCUT2D eigenvalue weighted by Crippen LogP contribution is -2.54. The number of fused-ring (bicyclic) bond motifs is 1. The molecule has 0 radical (unpaired) electrons. The molecule has 7 rings (SSSR count). The zero-order valence-electron chi connectivity index (χ0n) is 30.5.